The van der Waals surface area contributed by atoms with Crippen LogP contribution in [0.3, 0.4) is 0 Å². The summed E-state index contributed by atoms with van der Waals surface area (Å²) in [6, 6.07) is 11.8. The van der Waals surface area contributed by atoms with Gasteiger partial charge in [-0.1, -0.05) is 22.0 Å². The predicted molar refractivity (Wildman–Crippen MR) is 152 cm³/mol. The van der Waals surface area contributed by atoms with Crippen molar-refractivity contribution in [1.82, 2.24) is 19.8 Å². The van der Waals surface area contributed by atoms with E-state index in [9.17, 15) is 9.59 Å². The highest BCUT2D eigenvalue weighted by molar-refractivity contribution is 9.10. The topological polar surface area (TPSA) is 106 Å². The van der Waals surface area contributed by atoms with E-state index in [2.05, 4.69) is 47.1 Å². The first-order valence-corrected chi connectivity index (χ1v) is 13.6. The smallest absolute Gasteiger partial charge is 0.307 e. The van der Waals surface area contributed by atoms with Crippen molar-refractivity contribution in [3.63, 3.8) is 0 Å². The number of ether oxygens (including phenoxy) is 3. The van der Waals surface area contributed by atoms with Crippen LogP contribution in [0.4, 0.5) is 11.5 Å². The van der Waals surface area contributed by atoms with Crippen molar-refractivity contribution in [2.75, 3.05) is 59.4 Å². The second-order valence-electron chi connectivity index (χ2n) is 9.38. The number of anilines is 2. The van der Waals surface area contributed by atoms with Gasteiger partial charge in [0.25, 0.3) is 0 Å². The lowest BCUT2D eigenvalue weighted by Gasteiger charge is -2.38. The van der Waals surface area contributed by atoms with E-state index in [4.69, 9.17) is 14.2 Å². The van der Waals surface area contributed by atoms with E-state index in [0.29, 0.717) is 0 Å². The molecule has 0 radical (unpaired) electrons. The summed E-state index contributed by atoms with van der Waals surface area (Å²) in [6.07, 6.45) is 2.67. The normalized spacial score (nSPS) is 14.4. The molecule has 10 nitrogen and oxygen atoms in total. The number of nitrogens with zero attached hydrogens (tertiary/aromatic N) is 4. The molecule has 0 atom stereocenters. The van der Waals surface area contributed by atoms with Crippen molar-refractivity contribution in [3.05, 3.63) is 52.8 Å². The Kier molecular flexibility index (Phi) is 10.1. The first kappa shape index (κ1) is 28.7. The number of aromatic nitrogens is 2. The summed E-state index contributed by atoms with van der Waals surface area (Å²) in [4.78, 5) is 37.3. The molecule has 1 fully saturated rings. The zero-order chi connectivity index (χ0) is 27.8. The molecular weight excluding hydrogens is 566 g/mol. The summed E-state index contributed by atoms with van der Waals surface area (Å²) < 4.78 is 16.4. The molecule has 0 spiro atoms. The Hall–Kier alpha value is -3.28. The molecule has 1 aromatic heterocycles. The van der Waals surface area contributed by atoms with Crippen LogP contribution in [0, 0.1) is 0 Å². The second kappa shape index (κ2) is 13.7. The minimum atomic E-state index is -0.326. The average Bonchev–Trinajstić information content (AvgIpc) is 2.95. The number of piperazine rings is 1. The molecule has 0 unspecified atom stereocenters. The lowest BCUT2D eigenvalue weighted by atomic mass is 10.1. The van der Waals surface area contributed by atoms with Gasteiger partial charge in [-0.2, -0.15) is 0 Å². The van der Waals surface area contributed by atoms with Crippen molar-refractivity contribution in [2.24, 2.45) is 0 Å². The number of methoxy groups -OCH3 is 3. The predicted octanol–water partition coefficient (Wildman–Crippen LogP) is 3.80. The van der Waals surface area contributed by atoms with Gasteiger partial charge in [0, 0.05) is 60.4 Å². The lowest BCUT2D eigenvalue weighted by Crippen LogP contribution is -2.51. The molecule has 0 saturated carbocycles. The number of benzene rings is 2. The molecule has 2 heterocycles. The Labute approximate surface area is 236 Å². The van der Waals surface area contributed by atoms with Gasteiger partial charge < -0.3 is 24.4 Å². The van der Waals surface area contributed by atoms with Crippen molar-refractivity contribution >= 4 is 50.3 Å². The van der Waals surface area contributed by atoms with Crippen molar-refractivity contribution in [2.45, 2.75) is 25.3 Å². The number of nitrogens with one attached hydrogen (secondary N) is 1. The summed E-state index contributed by atoms with van der Waals surface area (Å²) in [5.74, 6) is 0.877. The molecular formula is C28H34BrN5O5. The van der Waals surface area contributed by atoms with Crippen LogP contribution in [-0.4, -0.2) is 91.8 Å². The van der Waals surface area contributed by atoms with Gasteiger partial charge in [-0.25, -0.2) is 9.97 Å². The monoisotopic (exact) mass is 599 g/mol. The van der Waals surface area contributed by atoms with E-state index in [0.717, 1.165) is 77.3 Å². The van der Waals surface area contributed by atoms with Crippen LogP contribution < -0.4 is 10.1 Å². The van der Waals surface area contributed by atoms with Gasteiger partial charge in [0.15, 0.2) is 0 Å². The number of halogens is 1. The van der Waals surface area contributed by atoms with Crippen LogP contribution in [0.1, 0.15) is 18.4 Å². The molecule has 1 saturated heterocycles. The van der Waals surface area contributed by atoms with Crippen molar-refractivity contribution < 1.29 is 23.8 Å². The van der Waals surface area contributed by atoms with Crippen LogP contribution >= 0.6 is 15.9 Å². The SMILES string of the molecule is COC(=O)CC(CC(=O)OC)N1CCN(CCc2cc3c(Nc4cccc(Br)c4)ncnc3cc2OC)CC1. The maximum absolute atomic E-state index is 11.9. The van der Waals surface area contributed by atoms with Gasteiger partial charge in [0.2, 0.25) is 0 Å². The highest BCUT2D eigenvalue weighted by atomic mass is 79.9. The third kappa shape index (κ3) is 7.65. The molecule has 4 rings (SSSR count). The van der Waals surface area contributed by atoms with E-state index >= 15 is 0 Å². The number of esters is 2. The highest BCUT2D eigenvalue weighted by Gasteiger charge is 2.28. The summed E-state index contributed by atoms with van der Waals surface area (Å²) in [5, 5.41) is 4.33. The van der Waals surface area contributed by atoms with Crippen LogP contribution in [-0.2, 0) is 25.5 Å². The van der Waals surface area contributed by atoms with E-state index in [1.165, 1.54) is 14.2 Å². The third-order valence-electron chi connectivity index (χ3n) is 7.01. The number of carbonyl (C=O) groups excluding carboxylic acids is 2. The summed E-state index contributed by atoms with van der Waals surface area (Å²) in [5.41, 5.74) is 2.81. The molecule has 39 heavy (non-hydrogen) atoms. The molecule has 208 valence electrons. The zero-order valence-electron chi connectivity index (χ0n) is 22.5. The maximum Gasteiger partial charge on any atom is 0.307 e. The molecule has 0 aliphatic carbocycles. The lowest BCUT2D eigenvalue weighted by molar-refractivity contribution is -0.145. The molecule has 1 N–H and O–H groups in total. The second-order valence-corrected chi connectivity index (χ2v) is 10.3. The summed E-state index contributed by atoms with van der Waals surface area (Å²) >= 11 is 3.51. The van der Waals surface area contributed by atoms with Crippen molar-refractivity contribution in [3.8, 4) is 5.75 Å². The maximum atomic E-state index is 11.9. The molecule has 3 aromatic rings. The van der Waals surface area contributed by atoms with Gasteiger partial charge >= 0.3 is 11.9 Å². The fourth-order valence-electron chi connectivity index (χ4n) is 4.83. The molecule has 0 amide bonds. The molecule has 2 aromatic carbocycles. The summed E-state index contributed by atoms with van der Waals surface area (Å²) in [6.45, 7) is 4.00. The van der Waals surface area contributed by atoms with Crippen LogP contribution in [0.2, 0.25) is 0 Å². The standard InChI is InChI=1S/C28H34BrN5O5/c1-37-25-17-24-23(28(31-18-30-24)32-21-6-4-5-20(29)14-21)13-19(25)7-8-33-9-11-34(12-10-33)22(15-26(35)38-2)16-27(36)39-3/h4-6,13-14,17-18,22H,7-12,15-16H2,1-3H3,(H,30,31,32). The minimum Gasteiger partial charge on any atom is -0.496 e. The average molecular weight is 601 g/mol. The fraction of sp³-hybridized carbons (Fsp3) is 0.429. The molecule has 1 aliphatic rings. The highest BCUT2D eigenvalue weighted by Crippen LogP contribution is 2.31. The Morgan fingerprint density at radius 2 is 1.72 bits per heavy atom. The van der Waals surface area contributed by atoms with Crippen LogP contribution in [0.5, 0.6) is 5.75 Å². The Morgan fingerprint density at radius 3 is 2.36 bits per heavy atom. The number of hydrogen-bond acceptors (Lipinski definition) is 10. The fourth-order valence-corrected chi connectivity index (χ4v) is 5.23. The van der Waals surface area contributed by atoms with Crippen molar-refractivity contribution in [1.29, 1.82) is 0 Å². The molecule has 1 aliphatic heterocycles. The van der Waals surface area contributed by atoms with Gasteiger partial charge in [0.1, 0.15) is 17.9 Å². The molecule has 0 bridgehead atoms. The van der Waals surface area contributed by atoms with E-state index < -0.39 is 0 Å². The quantitative estimate of drug-likeness (QED) is 0.327. The van der Waals surface area contributed by atoms with Gasteiger partial charge in [-0.05, 0) is 36.2 Å². The van der Waals surface area contributed by atoms with Gasteiger partial charge in [0.05, 0.1) is 39.7 Å². The number of carbonyl (C=O) groups is 2. The van der Waals surface area contributed by atoms with Crippen LogP contribution in [0.15, 0.2) is 47.2 Å². The zero-order valence-corrected chi connectivity index (χ0v) is 24.1. The Morgan fingerprint density at radius 1 is 1.00 bits per heavy atom. The first-order chi connectivity index (χ1) is 18.9. The third-order valence-corrected chi connectivity index (χ3v) is 7.50. The van der Waals surface area contributed by atoms with E-state index in [1.807, 2.05) is 30.3 Å². The Bertz CT molecular complexity index is 1280. The number of rotatable bonds is 11. The number of hydrogen-bond donors (Lipinski definition) is 1. The van der Waals surface area contributed by atoms with Crippen LogP contribution in [0.25, 0.3) is 10.9 Å². The summed E-state index contributed by atoms with van der Waals surface area (Å²) in [7, 11) is 4.40. The Balaban J connectivity index is 1.43. The van der Waals surface area contributed by atoms with E-state index in [1.54, 1.807) is 13.4 Å². The largest absolute Gasteiger partial charge is 0.496 e. The minimum absolute atomic E-state index is 0.165. The van der Waals surface area contributed by atoms with E-state index in [-0.39, 0.29) is 30.8 Å². The van der Waals surface area contributed by atoms with Gasteiger partial charge in [-0.15, -0.1) is 0 Å². The first-order valence-electron chi connectivity index (χ1n) is 12.8. The molecule has 11 heteroatoms. The number of fused-ring (bicyclic) bond motifs is 1. The van der Waals surface area contributed by atoms with Gasteiger partial charge in [-0.3, -0.25) is 14.5 Å².